The molecule has 4 atom stereocenters. The number of fused-ring (bicyclic) bond motifs is 1. The second kappa shape index (κ2) is 4.26. The molecule has 4 unspecified atom stereocenters. The van der Waals surface area contributed by atoms with E-state index in [-0.39, 0.29) is 24.1 Å². The Balaban J connectivity index is 1.70. The molecule has 3 rings (SSSR count). The van der Waals surface area contributed by atoms with Crippen molar-refractivity contribution in [2.75, 3.05) is 6.61 Å². The number of amides is 1. The molecule has 98 valence electrons. The number of halogens is 1. The van der Waals surface area contributed by atoms with Crippen molar-refractivity contribution >= 4 is 17.5 Å². The second-order valence-electron chi connectivity index (χ2n) is 5.02. The van der Waals surface area contributed by atoms with Crippen molar-refractivity contribution in [2.24, 2.45) is 18.7 Å². The highest BCUT2D eigenvalue weighted by Gasteiger charge is 2.52. The van der Waals surface area contributed by atoms with Crippen molar-refractivity contribution in [1.29, 1.82) is 0 Å². The average Bonchev–Trinajstić information content (AvgIpc) is 2.89. The smallest absolute Gasteiger partial charge is 0.268 e. The van der Waals surface area contributed by atoms with E-state index in [1.807, 2.05) is 0 Å². The summed E-state index contributed by atoms with van der Waals surface area (Å²) in [5.41, 5.74) is 6.59. The van der Waals surface area contributed by atoms with Crippen LogP contribution in [0.4, 0.5) is 0 Å². The van der Waals surface area contributed by atoms with Crippen molar-refractivity contribution in [3.8, 4) is 0 Å². The van der Waals surface area contributed by atoms with Crippen LogP contribution in [0.15, 0.2) is 12.3 Å². The van der Waals surface area contributed by atoms with Crippen LogP contribution in [0.1, 0.15) is 16.9 Å². The van der Waals surface area contributed by atoms with E-state index in [4.69, 9.17) is 22.1 Å². The molecule has 1 aromatic heterocycles. The number of hydrogen-bond donors (Lipinski definition) is 2. The van der Waals surface area contributed by atoms with Crippen LogP contribution in [0.3, 0.4) is 0 Å². The quantitative estimate of drug-likeness (QED) is 0.823. The van der Waals surface area contributed by atoms with Crippen LogP contribution < -0.4 is 11.1 Å². The fourth-order valence-corrected chi connectivity index (χ4v) is 3.15. The first-order valence-corrected chi connectivity index (χ1v) is 6.45. The SMILES string of the molecule is Cn1cc(Cl)cc1C(=O)NC1C(N)C2CCOC21. The Kier molecular flexibility index (Phi) is 2.84. The number of carbonyl (C=O) groups is 1. The molecule has 1 saturated carbocycles. The molecule has 3 N–H and O–H groups in total. The average molecular weight is 270 g/mol. The lowest BCUT2D eigenvalue weighted by Gasteiger charge is -2.45. The minimum atomic E-state index is -0.154. The fraction of sp³-hybridized carbons (Fsp3) is 0.583. The normalized spacial score (nSPS) is 33.9. The fourth-order valence-electron chi connectivity index (χ4n) is 2.90. The van der Waals surface area contributed by atoms with E-state index >= 15 is 0 Å². The van der Waals surface area contributed by atoms with Crippen LogP contribution >= 0.6 is 11.6 Å². The molecule has 0 bridgehead atoms. The summed E-state index contributed by atoms with van der Waals surface area (Å²) in [6.07, 6.45) is 2.78. The van der Waals surface area contributed by atoms with E-state index in [0.29, 0.717) is 16.6 Å². The molecular weight excluding hydrogens is 254 g/mol. The summed E-state index contributed by atoms with van der Waals surface area (Å²) in [6.45, 7) is 0.741. The minimum absolute atomic E-state index is 0.00260. The topological polar surface area (TPSA) is 69.3 Å². The number of carbonyl (C=O) groups excluding carboxylic acids is 1. The Bertz CT molecular complexity index is 488. The molecule has 5 nitrogen and oxygen atoms in total. The van der Waals surface area contributed by atoms with Gasteiger partial charge in [-0.2, -0.15) is 0 Å². The zero-order valence-electron chi connectivity index (χ0n) is 10.1. The summed E-state index contributed by atoms with van der Waals surface area (Å²) in [4.78, 5) is 12.1. The van der Waals surface area contributed by atoms with E-state index in [1.165, 1.54) is 0 Å². The number of rotatable bonds is 2. The van der Waals surface area contributed by atoms with Gasteiger partial charge in [-0.3, -0.25) is 4.79 Å². The van der Waals surface area contributed by atoms with Crippen molar-refractivity contribution in [1.82, 2.24) is 9.88 Å². The summed E-state index contributed by atoms with van der Waals surface area (Å²) >= 11 is 5.86. The maximum Gasteiger partial charge on any atom is 0.268 e. The van der Waals surface area contributed by atoms with Crippen molar-refractivity contribution in [3.63, 3.8) is 0 Å². The molecule has 1 aliphatic heterocycles. The van der Waals surface area contributed by atoms with Crippen molar-refractivity contribution in [2.45, 2.75) is 24.6 Å². The van der Waals surface area contributed by atoms with Gasteiger partial charge >= 0.3 is 0 Å². The van der Waals surface area contributed by atoms with Crippen molar-refractivity contribution < 1.29 is 9.53 Å². The van der Waals surface area contributed by atoms with Gasteiger partial charge in [-0.05, 0) is 12.5 Å². The largest absolute Gasteiger partial charge is 0.376 e. The molecule has 2 fully saturated rings. The first-order valence-electron chi connectivity index (χ1n) is 6.08. The van der Waals surface area contributed by atoms with Gasteiger partial charge in [0.2, 0.25) is 0 Å². The zero-order valence-corrected chi connectivity index (χ0v) is 10.9. The molecule has 1 aromatic rings. The Morgan fingerprint density at radius 1 is 1.67 bits per heavy atom. The first-order chi connectivity index (χ1) is 8.58. The summed E-state index contributed by atoms with van der Waals surface area (Å²) in [6, 6.07) is 1.56. The van der Waals surface area contributed by atoms with Crippen LogP contribution in [0.2, 0.25) is 5.02 Å². The Hall–Kier alpha value is -1.04. The predicted octanol–water partition coefficient (Wildman–Crippen LogP) is 0.523. The van der Waals surface area contributed by atoms with E-state index in [9.17, 15) is 4.79 Å². The van der Waals surface area contributed by atoms with Gasteiger partial charge in [-0.1, -0.05) is 11.6 Å². The van der Waals surface area contributed by atoms with E-state index in [2.05, 4.69) is 5.32 Å². The number of ether oxygens (including phenoxy) is 1. The molecule has 1 saturated heterocycles. The molecule has 1 aliphatic carbocycles. The third kappa shape index (κ3) is 1.74. The number of hydrogen-bond acceptors (Lipinski definition) is 3. The maximum atomic E-state index is 12.1. The monoisotopic (exact) mass is 269 g/mol. The zero-order chi connectivity index (χ0) is 12.9. The third-order valence-corrected chi connectivity index (χ3v) is 4.16. The lowest BCUT2D eigenvalue weighted by molar-refractivity contribution is -0.0162. The molecule has 18 heavy (non-hydrogen) atoms. The van der Waals surface area contributed by atoms with Gasteiger partial charge in [0.05, 0.1) is 17.2 Å². The Morgan fingerprint density at radius 3 is 3.11 bits per heavy atom. The number of aromatic nitrogens is 1. The predicted molar refractivity (Wildman–Crippen MR) is 67.5 cm³/mol. The number of nitrogens with one attached hydrogen (secondary N) is 1. The highest BCUT2D eigenvalue weighted by atomic mass is 35.5. The third-order valence-electron chi connectivity index (χ3n) is 3.95. The molecule has 0 aromatic carbocycles. The van der Waals surface area contributed by atoms with Gasteiger partial charge in [-0.25, -0.2) is 0 Å². The lowest BCUT2D eigenvalue weighted by atomic mass is 9.72. The van der Waals surface area contributed by atoms with Gasteiger partial charge < -0.3 is 20.4 Å². The number of nitrogens with zero attached hydrogens (tertiary/aromatic N) is 1. The molecule has 1 amide bonds. The molecule has 2 heterocycles. The van der Waals surface area contributed by atoms with Crippen molar-refractivity contribution in [3.05, 3.63) is 23.0 Å². The molecule has 0 radical (unpaired) electrons. The van der Waals surface area contributed by atoms with Crippen LogP contribution in [-0.4, -0.2) is 35.3 Å². The number of nitrogens with two attached hydrogens (primary N) is 1. The molecule has 2 aliphatic rings. The van der Waals surface area contributed by atoms with Crippen LogP contribution in [-0.2, 0) is 11.8 Å². The summed E-state index contributed by atoms with van der Waals surface area (Å²) in [5.74, 6) is 0.242. The minimum Gasteiger partial charge on any atom is -0.376 e. The van der Waals surface area contributed by atoms with Crippen LogP contribution in [0, 0.1) is 5.92 Å². The lowest BCUT2D eigenvalue weighted by Crippen LogP contribution is -2.69. The van der Waals surface area contributed by atoms with E-state index in [1.54, 1.807) is 23.9 Å². The summed E-state index contributed by atoms with van der Waals surface area (Å²) in [7, 11) is 1.79. The van der Waals surface area contributed by atoms with E-state index in [0.717, 1.165) is 13.0 Å². The summed E-state index contributed by atoms with van der Waals surface area (Å²) in [5, 5.41) is 3.49. The Labute approximate surface area is 110 Å². The van der Waals surface area contributed by atoms with Gasteiger partial charge in [0.1, 0.15) is 5.69 Å². The van der Waals surface area contributed by atoms with Gasteiger partial charge in [0, 0.05) is 31.8 Å². The number of aryl methyl sites for hydroxylation is 1. The first kappa shape index (κ1) is 12.0. The van der Waals surface area contributed by atoms with Crippen LogP contribution in [0.5, 0.6) is 0 Å². The highest BCUT2D eigenvalue weighted by molar-refractivity contribution is 6.31. The highest BCUT2D eigenvalue weighted by Crippen LogP contribution is 2.37. The maximum absolute atomic E-state index is 12.1. The molecule has 6 heteroatoms. The molecule has 0 spiro atoms. The Morgan fingerprint density at radius 2 is 2.44 bits per heavy atom. The van der Waals surface area contributed by atoms with Crippen LogP contribution in [0.25, 0.3) is 0 Å². The van der Waals surface area contributed by atoms with Gasteiger partial charge in [0.15, 0.2) is 0 Å². The summed E-state index contributed by atoms with van der Waals surface area (Å²) < 4.78 is 7.28. The van der Waals surface area contributed by atoms with Gasteiger partial charge in [-0.15, -0.1) is 0 Å². The standard InChI is InChI=1S/C12H16ClN3O2/c1-16-5-6(13)4-8(16)12(17)15-10-9(14)7-2-3-18-11(7)10/h4-5,7,9-11H,2-3,14H2,1H3,(H,15,17). The second-order valence-corrected chi connectivity index (χ2v) is 5.46. The van der Waals surface area contributed by atoms with E-state index < -0.39 is 0 Å². The molecular formula is C12H16ClN3O2. The van der Waals surface area contributed by atoms with Gasteiger partial charge in [0.25, 0.3) is 5.91 Å².